The van der Waals surface area contributed by atoms with Crippen molar-refractivity contribution in [2.45, 2.75) is 46.8 Å². The molecule has 1 N–H and O–H groups in total. The van der Waals surface area contributed by atoms with Crippen molar-refractivity contribution in [3.8, 4) is 0 Å². The Morgan fingerprint density at radius 3 is 2.33 bits per heavy atom. The zero-order valence-electron chi connectivity index (χ0n) is 10.0. The maximum atomic E-state index is 10.2. The zero-order valence-corrected chi connectivity index (χ0v) is 11.6. The Balaban J connectivity index is 2.95. The van der Waals surface area contributed by atoms with Crippen LogP contribution in [0, 0.1) is 19.8 Å². The molecule has 4 heteroatoms. The standard InChI is InChI=1S/C11H19BrN2O/c1-7(2)11(5,15)6-14-9(4)10(12)8(3)13-14/h7,15H,6H2,1-5H3. The van der Waals surface area contributed by atoms with E-state index in [1.165, 1.54) is 0 Å². The van der Waals surface area contributed by atoms with E-state index in [0.717, 1.165) is 15.9 Å². The fourth-order valence-electron chi connectivity index (χ4n) is 1.31. The highest BCUT2D eigenvalue weighted by molar-refractivity contribution is 9.10. The van der Waals surface area contributed by atoms with E-state index < -0.39 is 5.60 Å². The zero-order chi connectivity index (χ0) is 11.8. The molecular weight excluding hydrogens is 256 g/mol. The number of hydrogen-bond acceptors (Lipinski definition) is 2. The second kappa shape index (κ2) is 4.26. The van der Waals surface area contributed by atoms with Crippen LogP contribution < -0.4 is 0 Å². The number of rotatable bonds is 3. The summed E-state index contributed by atoms with van der Waals surface area (Å²) in [5.74, 6) is 0.209. The van der Waals surface area contributed by atoms with E-state index in [0.29, 0.717) is 6.54 Å². The Labute approximate surface area is 99.6 Å². The minimum Gasteiger partial charge on any atom is -0.388 e. The molecule has 0 spiro atoms. The first-order chi connectivity index (χ1) is 6.75. The average Bonchev–Trinajstić information content (AvgIpc) is 2.33. The van der Waals surface area contributed by atoms with Gasteiger partial charge < -0.3 is 5.11 Å². The molecule has 1 atom stereocenters. The Hall–Kier alpha value is -0.350. The summed E-state index contributed by atoms with van der Waals surface area (Å²) in [5.41, 5.74) is 1.31. The van der Waals surface area contributed by atoms with Gasteiger partial charge in [-0.3, -0.25) is 4.68 Å². The highest BCUT2D eigenvalue weighted by Crippen LogP contribution is 2.24. The summed E-state index contributed by atoms with van der Waals surface area (Å²) in [4.78, 5) is 0. The Kier molecular flexibility index (Phi) is 3.61. The second-order valence-electron chi connectivity index (χ2n) is 4.65. The number of aromatic nitrogens is 2. The van der Waals surface area contributed by atoms with E-state index in [2.05, 4.69) is 21.0 Å². The third-order valence-corrected chi connectivity index (χ3v) is 4.15. The molecule has 15 heavy (non-hydrogen) atoms. The molecule has 0 aliphatic heterocycles. The van der Waals surface area contributed by atoms with Gasteiger partial charge in [0.15, 0.2) is 0 Å². The van der Waals surface area contributed by atoms with Crippen LogP contribution in [0.1, 0.15) is 32.2 Å². The average molecular weight is 275 g/mol. The van der Waals surface area contributed by atoms with Crippen molar-refractivity contribution >= 4 is 15.9 Å². The molecule has 0 saturated heterocycles. The van der Waals surface area contributed by atoms with Gasteiger partial charge in [-0.25, -0.2) is 0 Å². The van der Waals surface area contributed by atoms with Gasteiger partial charge in [0.1, 0.15) is 0 Å². The molecule has 0 aliphatic rings. The number of aliphatic hydroxyl groups is 1. The molecule has 0 saturated carbocycles. The molecule has 0 aromatic carbocycles. The van der Waals surface area contributed by atoms with Crippen LogP contribution >= 0.6 is 15.9 Å². The maximum Gasteiger partial charge on any atom is 0.0837 e. The van der Waals surface area contributed by atoms with Crippen molar-refractivity contribution in [2.24, 2.45) is 5.92 Å². The van der Waals surface area contributed by atoms with E-state index in [4.69, 9.17) is 0 Å². The summed E-state index contributed by atoms with van der Waals surface area (Å²) in [5, 5.41) is 14.6. The van der Waals surface area contributed by atoms with Crippen molar-refractivity contribution in [1.29, 1.82) is 0 Å². The number of hydrogen-bond donors (Lipinski definition) is 1. The van der Waals surface area contributed by atoms with Gasteiger partial charge in [0.05, 0.1) is 22.3 Å². The summed E-state index contributed by atoms with van der Waals surface area (Å²) in [6, 6.07) is 0. The van der Waals surface area contributed by atoms with Crippen molar-refractivity contribution < 1.29 is 5.11 Å². The van der Waals surface area contributed by atoms with E-state index >= 15 is 0 Å². The van der Waals surface area contributed by atoms with Gasteiger partial charge in [-0.2, -0.15) is 5.10 Å². The molecule has 86 valence electrons. The molecule has 1 unspecified atom stereocenters. The van der Waals surface area contributed by atoms with Crippen LogP contribution in [-0.4, -0.2) is 20.5 Å². The summed E-state index contributed by atoms with van der Waals surface area (Å²) in [6.07, 6.45) is 0. The predicted molar refractivity (Wildman–Crippen MR) is 64.9 cm³/mol. The normalized spacial score (nSPS) is 15.7. The fraction of sp³-hybridized carbons (Fsp3) is 0.727. The number of nitrogens with zero attached hydrogens (tertiary/aromatic N) is 2. The van der Waals surface area contributed by atoms with Gasteiger partial charge in [0, 0.05) is 5.69 Å². The molecule has 0 radical (unpaired) electrons. The van der Waals surface area contributed by atoms with Crippen LogP contribution in [0.15, 0.2) is 4.47 Å². The fourth-order valence-corrected chi connectivity index (χ4v) is 1.60. The van der Waals surface area contributed by atoms with Crippen LogP contribution in [0.3, 0.4) is 0 Å². The summed E-state index contributed by atoms with van der Waals surface area (Å²) < 4.78 is 2.89. The van der Waals surface area contributed by atoms with Crippen LogP contribution in [0.2, 0.25) is 0 Å². The lowest BCUT2D eigenvalue weighted by atomic mass is 9.92. The van der Waals surface area contributed by atoms with Gasteiger partial charge in [-0.15, -0.1) is 0 Å². The molecule has 3 nitrogen and oxygen atoms in total. The number of aryl methyl sites for hydroxylation is 1. The van der Waals surface area contributed by atoms with E-state index in [9.17, 15) is 5.11 Å². The van der Waals surface area contributed by atoms with Gasteiger partial charge in [-0.1, -0.05) is 13.8 Å². The first-order valence-electron chi connectivity index (χ1n) is 5.17. The van der Waals surface area contributed by atoms with Crippen LogP contribution in [0.25, 0.3) is 0 Å². The van der Waals surface area contributed by atoms with Gasteiger partial charge in [0.25, 0.3) is 0 Å². The second-order valence-corrected chi connectivity index (χ2v) is 5.45. The topological polar surface area (TPSA) is 38.0 Å². The summed E-state index contributed by atoms with van der Waals surface area (Å²) in [7, 11) is 0. The quantitative estimate of drug-likeness (QED) is 0.921. The molecule has 0 fully saturated rings. The first-order valence-corrected chi connectivity index (χ1v) is 5.97. The van der Waals surface area contributed by atoms with E-state index in [1.54, 1.807) is 0 Å². The molecule has 1 aromatic rings. The van der Waals surface area contributed by atoms with Gasteiger partial charge >= 0.3 is 0 Å². The highest BCUT2D eigenvalue weighted by Gasteiger charge is 2.27. The van der Waals surface area contributed by atoms with Crippen LogP contribution in [-0.2, 0) is 6.54 Å². The largest absolute Gasteiger partial charge is 0.388 e. The third-order valence-electron chi connectivity index (χ3n) is 3.01. The SMILES string of the molecule is Cc1nn(CC(C)(O)C(C)C)c(C)c1Br. The van der Waals surface area contributed by atoms with Crippen LogP contribution in [0.5, 0.6) is 0 Å². The molecule has 1 rings (SSSR count). The number of halogens is 1. The molecule has 1 aromatic heterocycles. The highest BCUT2D eigenvalue weighted by atomic mass is 79.9. The lowest BCUT2D eigenvalue weighted by Gasteiger charge is -2.28. The predicted octanol–water partition coefficient (Wildman–Crippen LogP) is 2.67. The lowest BCUT2D eigenvalue weighted by molar-refractivity contribution is -0.00624. The minimum atomic E-state index is -0.720. The van der Waals surface area contributed by atoms with E-state index in [-0.39, 0.29) is 5.92 Å². The monoisotopic (exact) mass is 274 g/mol. The van der Waals surface area contributed by atoms with Crippen molar-refractivity contribution in [2.75, 3.05) is 0 Å². The smallest absolute Gasteiger partial charge is 0.0837 e. The molecular formula is C11H19BrN2O. The summed E-state index contributed by atoms with van der Waals surface area (Å²) in [6.45, 7) is 10.4. The maximum absolute atomic E-state index is 10.2. The van der Waals surface area contributed by atoms with Crippen LogP contribution in [0.4, 0.5) is 0 Å². The lowest BCUT2D eigenvalue weighted by Crippen LogP contribution is -2.36. The van der Waals surface area contributed by atoms with Gasteiger partial charge in [-0.05, 0) is 42.6 Å². The summed E-state index contributed by atoms with van der Waals surface area (Å²) >= 11 is 3.48. The van der Waals surface area contributed by atoms with Crippen molar-refractivity contribution in [3.05, 3.63) is 15.9 Å². The molecule has 0 amide bonds. The van der Waals surface area contributed by atoms with Crippen molar-refractivity contribution in [3.63, 3.8) is 0 Å². The van der Waals surface area contributed by atoms with Crippen molar-refractivity contribution in [1.82, 2.24) is 9.78 Å². The molecule has 0 bridgehead atoms. The Morgan fingerprint density at radius 2 is 2.00 bits per heavy atom. The Morgan fingerprint density at radius 1 is 1.47 bits per heavy atom. The molecule has 1 heterocycles. The van der Waals surface area contributed by atoms with Gasteiger partial charge in [0.2, 0.25) is 0 Å². The third kappa shape index (κ3) is 2.61. The first kappa shape index (κ1) is 12.7. The molecule has 0 aliphatic carbocycles. The van der Waals surface area contributed by atoms with E-state index in [1.807, 2.05) is 39.3 Å². The Bertz CT molecular complexity index is 356. The minimum absolute atomic E-state index is 0.209.